The zero-order valence-corrected chi connectivity index (χ0v) is 16.6. The van der Waals surface area contributed by atoms with E-state index in [1.165, 1.54) is 0 Å². The number of hydrogen-bond acceptors (Lipinski definition) is 4. The molecule has 0 aromatic heterocycles. The lowest BCUT2D eigenvalue weighted by atomic mass is 10.4. The average Bonchev–Trinajstić information content (AvgIpc) is 2.47. The maximum Gasteiger partial charge on any atom is 0.343 e. The molecule has 1 saturated heterocycles. The van der Waals surface area contributed by atoms with E-state index < -0.39 is 31.6 Å². The van der Waals surface area contributed by atoms with Crippen molar-refractivity contribution >= 4 is 31.6 Å². The van der Waals surface area contributed by atoms with Gasteiger partial charge in [0.05, 0.1) is 6.07 Å². The second-order valence-electron chi connectivity index (χ2n) is 6.33. The fourth-order valence-corrected chi connectivity index (χ4v) is 45.9. The van der Waals surface area contributed by atoms with E-state index in [1.54, 1.807) is 0 Å². The van der Waals surface area contributed by atoms with Crippen molar-refractivity contribution in [3.63, 3.8) is 0 Å². The molecule has 0 aliphatic carbocycles. The fourth-order valence-electron chi connectivity index (χ4n) is 2.58. The van der Waals surface area contributed by atoms with Crippen molar-refractivity contribution in [3.8, 4) is 6.07 Å². The Labute approximate surface area is 120 Å². The molecule has 2 atom stereocenters. The molecule has 1 N–H and O–H groups in total. The van der Waals surface area contributed by atoms with Crippen molar-refractivity contribution in [2.75, 3.05) is 0 Å². The quantitative estimate of drug-likeness (QED) is 0.621. The minimum absolute atomic E-state index is 0.523. The molecule has 2 unspecified atom stereocenters. The monoisotopic (exact) mass is 331 g/mol. The maximum atomic E-state index is 10.7. The van der Waals surface area contributed by atoms with E-state index in [4.69, 9.17) is 13.5 Å². The Morgan fingerprint density at radius 3 is 2.26 bits per heavy atom. The fraction of sp³-hybridized carbons (Fsp3) is 0.727. The highest BCUT2D eigenvalue weighted by atomic mass is 29.7. The SMILES string of the molecule is C=C[Si]1(CCCC#N)O[Si](C)(C)[Si](C)([Si](C)(C)O)O1. The lowest BCUT2D eigenvalue weighted by Gasteiger charge is -2.39. The molecule has 108 valence electrons. The highest BCUT2D eigenvalue weighted by Gasteiger charge is 2.69. The van der Waals surface area contributed by atoms with Gasteiger partial charge in [-0.15, -0.1) is 6.58 Å². The van der Waals surface area contributed by atoms with E-state index in [-0.39, 0.29) is 0 Å². The molecule has 0 amide bonds. The Hall–Kier alpha value is -0.0225. The zero-order chi connectivity index (χ0) is 14.9. The molecule has 19 heavy (non-hydrogen) atoms. The van der Waals surface area contributed by atoms with E-state index >= 15 is 0 Å². The molecule has 1 heterocycles. The van der Waals surface area contributed by atoms with Crippen molar-refractivity contribution in [1.82, 2.24) is 0 Å². The normalized spacial score (nSPS) is 33.9. The van der Waals surface area contributed by atoms with Crippen LogP contribution in [0.4, 0.5) is 0 Å². The van der Waals surface area contributed by atoms with Crippen molar-refractivity contribution in [2.45, 2.75) is 51.6 Å². The molecule has 0 saturated carbocycles. The van der Waals surface area contributed by atoms with Gasteiger partial charge in [0.15, 0.2) is 15.7 Å². The second-order valence-corrected chi connectivity index (χ2v) is 33.2. The van der Waals surface area contributed by atoms with E-state index in [0.717, 1.165) is 12.5 Å². The summed E-state index contributed by atoms with van der Waals surface area (Å²) in [7, 11) is -9.00. The summed E-state index contributed by atoms with van der Waals surface area (Å²) in [5.41, 5.74) is 1.86. The second kappa shape index (κ2) is 5.40. The molecule has 0 aromatic carbocycles. The van der Waals surface area contributed by atoms with Crippen LogP contribution in [0.3, 0.4) is 0 Å². The van der Waals surface area contributed by atoms with Crippen LogP contribution in [0, 0.1) is 11.3 Å². The van der Waals surface area contributed by atoms with Gasteiger partial charge in [-0.05, 0) is 45.2 Å². The lowest BCUT2D eigenvalue weighted by molar-refractivity contribution is 0.439. The predicted octanol–water partition coefficient (Wildman–Crippen LogP) is 2.64. The molecule has 0 bridgehead atoms. The van der Waals surface area contributed by atoms with Crippen LogP contribution in [-0.2, 0) is 8.23 Å². The van der Waals surface area contributed by atoms with Crippen molar-refractivity contribution in [3.05, 3.63) is 12.3 Å². The van der Waals surface area contributed by atoms with Crippen LogP contribution >= 0.6 is 0 Å². The highest BCUT2D eigenvalue weighted by Crippen LogP contribution is 2.42. The van der Waals surface area contributed by atoms with Crippen LogP contribution in [0.15, 0.2) is 12.3 Å². The minimum Gasteiger partial charge on any atom is -0.433 e. The third-order valence-corrected chi connectivity index (χ3v) is 44.6. The van der Waals surface area contributed by atoms with E-state index in [1.807, 2.05) is 18.8 Å². The summed E-state index contributed by atoms with van der Waals surface area (Å²) in [4.78, 5) is 10.7. The van der Waals surface area contributed by atoms with Gasteiger partial charge in [0.2, 0.25) is 7.35 Å². The number of rotatable bonds is 5. The molecule has 1 aliphatic heterocycles. The molecule has 1 fully saturated rings. The van der Waals surface area contributed by atoms with Gasteiger partial charge in [0.1, 0.15) is 0 Å². The molecular formula is C11H25NO3Si4. The lowest BCUT2D eigenvalue weighted by Crippen LogP contribution is -2.71. The summed E-state index contributed by atoms with van der Waals surface area (Å²) in [5, 5.41) is 8.67. The van der Waals surface area contributed by atoms with Crippen LogP contribution in [0.1, 0.15) is 12.8 Å². The van der Waals surface area contributed by atoms with Crippen LogP contribution in [0.2, 0.25) is 38.8 Å². The van der Waals surface area contributed by atoms with Crippen molar-refractivity contribution in [1.29, 1.82) is 5.26 Å². The van der Waals surface area contributed by atoms with Gasteiger partial charge in [-0.3, -0.25) is 0 Å². The molecule has 4 nitrogen and oxygen atoms in total. The Kier molecular flexibility index (Phi) is 4.84. The standard InChI is InChI=1S/C11H25NO3Si4/c1-7-19(11-9-8-10-12)14-17(4,5)18(6,15-19)16(2,3)13/h7,13H,1,8-9,11H2,2-6H3. The summed E-state index contributed by atoms with van der Waals surface area (Å²) in [6.07, 6.45) is 1.31. The van der Waals surface area contributed by atoms with Gasteiger partial charge in [0.25, 0.3) is 0 Å². The number of nitrogens with zero attached hydrogens (tertiary/aromatic N) is 1. The van der Waals surface area contributed by atoms with Crippen LogP contribution in [-0.4, -0.2) is 36.4 Å². The smallest absolute Gasteiger partial charge is 0.343 e. The largest absolute Gasteiger partial charge is 0.433 e. The summed E-state index contributed by atoms with van der Waals surface area (Å²) < 4.78 is 13.0. The Balaban J connectivity index is 3.04. The Morgan fingerprint density at radius 1 is 1.32 bits per heavy atom. The average molecular weight is 332 g/mol. The van der Waals surface area contributed by atoms with Gasteiger partial charge in [-0.2, -0.15) is 5.26 Å². The number of hydrogen-bond donors (Lipinski definition) is 1. The molecule has 8 heteroatoms. The maximum absolute atomic E-state index is 10.7. The first kappa shape index (κ1) is 17.0. The molecule has 1 rings (SSSR count). The van der Waals surface area contributed by atoms with Gasteiger partial charge < -0.3 is 13.0 Å². The Morgan fingerprint density at radius 2 is 1.89 bits per heavy atom. The first-order valence-electron chi connectivity index (χ1n) is 6.67. The molecule has 1 aliphatic rings. The van der Waals surface area contributed by atoms with Crippen molar-refractivity contribution in [2.24, 2.45) is 0 Å². The molecule has 0 radical (unpaired) electrons. The predicted molar refractivity (Wildman–Crippen MR) is 86.6 cm³/mol. The zero-order valence-electron chi connectivity index (χ0n) is 12.6. The van der Waals surface area contributed by atoms with Gasteiger partial charge in [-0.25, -0.2) is 0 Å². The van der Waals surface area contributed by atoms with Gasteiger partial charge in [0, 0.05) is 6.42 Å². The van der Waals surface area contributed by atoms with Crippen LogP contribution in [0.5, 0.6) is 0 Å². The number of nitriles is 1. The minimum atomic E-state index is -2.41. The third-order valence-electron chi connectivity index (χ3n) is 4.25. The third kappa shape index (κ3) is 3.02. The first-order valence-corrected chi connectivity index (χ1v) is 19.0. The van der Waals surface area contributed by atoms with E-state index in [2.05, 4.69) is 32.3 Å². The van der Waals surface area contributed by atoms with Gasteiger partial charge >= 0.3 is 8.56 Å². The number of unbranched alkanes of at least 4 members (excludes halogenated alkanes) is 1. The summed E-state index contributed by atoms with van der Waals surface area (Å²) >= 11 is 0. The molecule has 0 aromatic rings. The van der Waals surface area contributed by atoms with E-state index in [9.17, 15) is 4.80 Å². The highest BCUT2D eigenvalue weighted by molar-refractivity contribution is 7.66. The summed E-state index contributed by atoms with van der Waals surface area (Å²) in [6, 6.07) is 2.95. The Bertz CT molecular complexity index is 404. The van der Waals surface area contributed by atoms with Crippen molar-refractivity contribution < 1.29 is 13.0 Å². The molecule has 0 spiro atoms. The van der Waals surface area contributed by atoms with Gasteiger partial charge in [-0.1, -0.05) is 5.70 Å². The van der Waals surface area contributed by atoms with E-state index in [0.29, 0.717) is 6.42 Å². The topological polar surface area (TPSA) is 62.5 Å². The summed E-state index contributed by atoms with van der Waals surface area (Å²) in [5.74, 6) is 0. The summed E-state index contributed by atoms with van der Waals surface area (Å²) in [6.45, 7) is 14.4. The first-order chi connectivity index (χ1) is 8.54. The van der Waals surface area contributed by atoms with Crippen LogP contribution < -0.4 is 0 Å². The molecular weight excluding hydrogens is 306 g/mol. The van der Waals surface area contributed by atoms with Crippen LogP contribution in [0.25, 0.3) is 0 Å².